The van der Waals surface area contributed by atoms with E-state index in [2.05, 4.69) is 43.2 Å². The Morgan fingerprint density at radius 2 is 2.00 bits per heavy atom. The lowest BCUT2D eigenvalue weighted by molar-refractivity contribution is 0.184. The molecule has 1 heterocycles. The topological polar surface area (TPSA) is 44.4 Å². The van der Waals surface area contributed by atoms with Gasteiger partial charge in [0.25, 0.3) is 0 Å². The van der Waals surface area contributed by atoms with E-state index < -0.39 is 0 Å². The van der Waals surface area contributed by atoms with Crippen molar-refractivity contribution in [1.29, 1.82) is 0 Å². The smallest absolute Gasteiger partial charge is 0.315 e. The summed E-state index contributed by atoms with van der Waals surface area (Å²) < 4.78 is 0. The fourth-order valence-electron chi connectivity index (χ4n) is 2.50. The van der Waals surface area contributed by atoms with Gasteiger partial charge in [-0.3, -0.25) is 4.90 Å². The molecule has 5 heteroatoms. The minimum Gasteiger partial charge on any atom is -0.337 e. The standard InChI is InChI=1S/C16H29N3OS/c1-5-19(6-2)14(10-13(3)4)11-17-16(20)18-12-15-8-7-9-21-15/h7-9,13-14H,5-6,10-12H2,1-4H3,(H2,17,18,20). The first-order valence-corrected chi connectivity index (χ1v) is 8.72. The molecule has 0 aromatic carbocycles. The Morgan fingerprint density at radius 3 is 2.52 bits per heavy atom. The molecule has 0 aliphatic rings. The Morgan fingerprint density at radius 1 is 1.29 bits per heavy atom. The zero-order chi connectivity index (χ0) is 15.7. The molecule has 0 bridgehead atoms. The van der Waals surface area contributed by atoms with Gasteiger partial charge in [-0.1, -0.05) is 33.8 Å². The Kier molecular flexibility index (Phi) is 8.38. The van der Waals surface area contributed by atoms with Crippen molar-refractivity contribution < 1.29 is 4.79 Å². The van der Waals surface area contributed by atoms with Crippen molar-refractivity contribution in [2.24, 2.45) is 5.92 Å². The third-order valence-electron chi connectivity index (χ3n) is 3.57. The third-order valence-corrected chi connectivity index (χ3v) is 4.45. The average Bonchev–Trinajstić information content (AvgIpc) is 2.96. The molecule has 1 aromatic heterocycles. The van der Waals surface area contributed by atoms with Gasteiger partial charge in [0.15, 0.2) is 0 Å². The highest BCUT2D eigenvalue weighted by Crippen LogP contribution is 2.11. The molecular formula is C16H29N3OS. The van der Waals surface area contributed by atoms with Gasteiger partial charge < -0.3 is 10.6 Å². The lowest BCUT2D eigenvalue weighted by atomic mass is 10.0. The van der Waals surface area contributed by atoms with Crippen molar-refractivity contribution >= 4 is 17.4 Å². The predicted octanol–water partition coefficient (Wildman–Crippen LogP) is 3.30. The molecule has 0 radical (unpaired) electrons. The molecule has 1 atom stereocenters. The van der Waals surface area contributed by atoms with Crippen LogP contribution < -0.4 is 10.6 Å². The summed E-state index contributed by atoms with van der Waals surface area (Å²) in [6.45, 7) is 12.2. The molecule has 0 aliphatic carbocycles. The number of carbonyl (C=O) groups excluding carboxylic acids is 1. The number of carbonyl (C=O) groups is 1. The summed E-state index contributed by atoms with van der Waals surface area (Å²) in [5.74, 6) is 0.631. The Balaban J connectivity index is 2.38. The van der Waals surface area contributed by atoms with Crippen LogP contribution in [0.25, 0.3) is 0 Å². The summed E-state index contributed by atoms with van der Waals surface area (Å²) in [5.41, 5.74) is 0. The molecule has 0 saturated carbocycles. The number of nitrogens with zero attached hydrogens (tertiary/aromatic N) is 1. The van der Waals surface area contributed by atoms with Crippen LogP contribution in [0.15, 0.2) is 17.5 Å². The maximum absolute atomic E-state index is 11.9. The summed E-state index contributed by atoms with van der Waals surface area (Å²) in [7, 11) is 0. The average molecular weight is 311 g/mol. The molecule has 4 nitrogen and oxygen atoms in total. The van der Waals surface area contributed by atoms with Crippen molar-refractivity contribution in [2.45, 2.75) is 46.7 Å². The largest absolute Gasteiger partial charge is 0.337 e. The molecular weight excluding hydrogens is 282 g/mol. The van der Waals surface area contributed by atoms with Crippen LogP contribution in [0, 0.1) is 5.92 Å². The first kappa shape index (κ1) is 18.0. The Labute approximate surface area is 132 Å². The molecule has 1 rings (SSSR count). The van der Waals surface area contributed by atoms with Gasteiger partial charge in [-0.2, -0.15) is 0 Å². The van der Waals surface area contributed by atoms with E-state index in [1.165, 1.54) is 4.88 Å². The second-order valence-corrected chi connectivity index (χ2v) is 6.68. The van der Waals surface area contributed by atoms with Crippen LogP contribution >= 0.6 is 11.3 Å². The minimum absolute atomic E-state index is 0.0793. The molecule has 0 fully saturated rings. The van der Waals surface area contributed by atoms with Gasteiger partial charge in [0.1, 0.15) is 0 Å². The number of likely N-dealkylation sites (N-methyl/N-ethyl adjacent to an activating group) is 1. The number of urea groups is 1. The molecule has 1 unspecified atom stereocenters. The molecule has 2 amide bonds. The zero-order valence-electron chi connectivity index (χ0n) is 13.7. The van der Waals surface area contributed by atoms with E-state index in [1.54, 1.807) is 11.3 Å². The summed E-state index contributed by atoms with van der Waals surface area (Å²) in [5, 5.41) is 7.94. The molecule has 2 N–H and O–H groups in total. The highest BCUT2D eigenvalue weighted by atomic mass is 32.1. The fourth-order valence-corrected chi connectivity index (χ4v) is 3.14. The van der Waals surface area contributed by atoms with E-state index in [1.807, 2.05) is 17.5 Å². The number of hydrogen-bond donors (Lipinski definition) is 2. The lowest BCUT2D eigenvalue weighted by Crippen LogP contribution is -2.46. The van der Waals surface area contributed by atoms with Crippen LogP contribution in [0.2, 0.25) is 0 Å². The van der Waals surface area contributed by atoms with Crippen molar-refractivity contribution in [3.63, 3.8) is 0 Å². The van der Waals surface area contributed by atoms with Gasteiger partial charge in [-0.25, -0.2) is 4.79 Å². The molecule has 0 spiro atoms. The van der Waals surface area contributed by atoms with E-state index in [-0.39, 0.29) is 6.03 Å². The van der Waals surface area contributed by atoms with Crippen molar-refractivity contribution in [1.82, 2.24) is 15.5 Å². The monoisotopic (exact) mass is 311 g/mol. The van der Waals surface area contributed by atoms with Crippen molar-refractivity contribution in [2.75, 3.05) is 19.6 Å². The van der Waals surface area contributed by atoms with E-state index >= 15 is 0 Å². The second kappa shape index (κ2) is 9.79. The van der Waals surface area contributed by atoms with Gasteiger partial charge in [0.2, 0.25) is 0 Å². The van der Waals surface area contributed by atoms with E-state index in [0.29, 0.717) is 25.0 Å². The van der Waals surface area contributed by atoms with Gasteiger partial charge in [-0.05, 0) is 36.9 Å². The van der Waals surface area contributed by atoms with Gasteiger partial charge in [-0.15, -0.1) is 11.3 Å². The maximum Gasteiger partial charge on any atom is 0.315 e. The first-order chi connectivity index (χ1) is 10.1. The number of nitrogens with one attached hydrogen (secondary N) is 2. The predicted molar refractivity (Wildman–Crippen MR) is 90.7 cm³/mol. The molecule has 0 aliphatic heterocycles. The van der Waals surface area contributed by atoms with Crippen LogP contribution in [0.5, 0.6) is 0 Å². The number of amides is 2. The van der Waals surface area contributed by atoms with Crippen LogP contribution in [0.4, 0.5) is 4.79 Å². The summed E-state index contributed by atoms with van der Waals surface area (Å²) in [6, 6.07) is 4.36. The van der Waals surface area contributed by atoms with Crippen LogP contribution in [-0.4, -0.2) is 36.6 Å². The minimum atomic E-state index is -0.0793. The maximum atomic E-state index is 11.9. The number of thiophene rings is 1. The number of rotatable bonds is 9. The molecule has 0 saturated heterocycles. The molecule has 120 valence electrons. The van der Waals surface area contributed by atoms with Crippen molar-refractivity contribution in [3.8, 4) is 0 Å². The summed E-state index contributed by atoms with van der Waals surface area (Å²) >= 11 is 1.66. The van der Waals surface area contributed by atoms with Gasteiger partial charge in [0.05, 0.1) is 6.54 Å². The van der Waals surface area contributed by atoms with Gasteiger partial charge >= 0.3 is 6.03 Å². The first-order valence-electron chi connectivity index (χ1n) is 7.84. The second-order valence-electron chi connectivity index (χ2n) is 5.65. The zero-order valence-corrected chi connectivity index (χ0v) is 14.5. The third kappa shape index (κ3) is 6.96. The highest BCUT2D eigenvalue weighted by Gasteiger charge is 2.17. The molecule has 21 heavy (non-hydrogen) atoms. The van der Waals surface area contributed by atoms with E-state index in [9.17, 15) is 4.79 Å². The normalized spacial score (nSPS) is 12.7. The van der Waals surface area contributed by atoms with Gasteiger partial charge in [0, 0.05) is 17.5 Å². The Bertz CT molecular complexity index is 388. The van der Waals surface area contributed by atoms with E-state index in [4.69, 9.17) is 0 Å². The quantitative estimate of drug-likeness (QED) is 0.735. The van der Waals surface area contributed by atoms with Crippen LogP contribution in [0.1, 0.15) is 39.0 Å². The fraction of sp³-hybridized carbons (Fsp3) is 0.688. The molecule has 1 aromatic rings. The van der Waals surface area contributed by atoms with Crippen LogP contribution in [-0.2, 0) is 6.54 Å². The van der Waals surface area contributed by atoms with Crippen molar-refractivity contribution in [3.05, 3.63) is 22.4 Å². The number of hydrogen-bond acceptors (Lipinski definition) is 3. The summed E-state index contributed by atoms with van der Waals surface area (Å²) in [4.78, 5) is 15.5. The Hall–Kier alpha value is -1.07. The summed E-state index contributed by atoms with van der Waals surface area (Å²) in [6.07, 6.45) is 1.10. The van der Waals surface area contributed by atoms with E-state index in [0.717, 1.165) is 19.5 Å². The SMILES string of the molecule is CCN(CC)C(CNC(=O)NCc1cccs1)CC(C)C. The highest BCUT2D eigenvalue weighted by molar-refractivity contribution is 7.09. The lowest BCUT2D eigenvalue weighted by Gasteiger charge is -2.31. The van der Waals surface area contributed by atoms with Crippen LogP contribution in [0.3, 0.4) is 0 Å².